The Morgan fingerprint density at radius 3 is 1.33 bits per heavy atom. The Bertz CT molecular complexity index is 2200. The molecule has 0 spiro atoms. The van der Waals surface area contributed by atoms with Gasteiger partial charge in [0.2, 0.25) is 0 Å². The molecule has 0 saturated carbocycles. The van der Waals surface area contributed by atoms with E-state index in [0.717, 1.165) is 27.8 Å². The van der Waals surface area contributed by atoms with E-state index in [-0.39, 0.29) is 0 Å². The van der Waals surface area contributed by atoms with Gasteiger partial charge in [-0.1, -0.05) is 164 Å². The van der Waals surface area contributed by atoms with Crippen molar-refractivity contribution in [1.29, 1.82) is 5.26 Å². The molecule has 0 unspecified atom stereocenters. The molecular weight excluding hydrogens is 573 g/mol. The summed E-state index contributed by atoms with van der Waals surface area (Å²) < 4.78 is 2.24. The van der Waals surface area contributed by atoms with Crippen molar-refractivity contribution in [2.75, 3.05) is 0 Å². The summed E-state index contributed by atoms with van der Waals surface area (Å²) in [5, 5.41) is 18.4. The normalized spacial score (nSPS) is 11.5. The van der Waals surface area contributed by atoms with Crippen molar-refractivity contribution in [1.82, 2.24) is 4.57 Å². The van der Waals surface area contributed by atoms with Crippen molar-refractivity contribution < 1.29 is 0 Å². The molecule has 0 saturated heterocycles. The number of para-hydroxylation sites is 2. The summed E-state index contributed by atoms with van der Waals surface area (Å²) in [6.07, 6.45) is 0. The summed E-state index contributed by atoms with van der Waals surface area (Å²) >= 11 is 0. The van der Waals surface area contributed by atoms with Gasteiger partial charge in [-0.05, 0) is 44.5 Å². The van der Waals surface area contributed by atoms with Crippen molar-refractivity contribution in [3.63, 3.8) is 0 Å². The van der Waals surface area contributed by atoms with Gasteiger partial charge in [0.05, 0.1) is 22.3 Å². The van der Waals surface area contributed by atoms with Gasteiger partial charge in [-0.3, -0.25) is 0 Å². The minimum absolute atomic E-state index is 0.666. The maximum atomic E-state index is 10.7. The summed E-state index contributed by atoms with van der Waals surface area (Å²) in [6, 6.07) is 67.5. The first kappa shape index (κ1) is 27.6. The third-order valence-corrected chi connectivity index (χ3v) is 14.0. The van der Waals surface area contributed by atoms with Crippen LogP contribution in [0.3, 0.4) is 0 Å². The van der Waals surface area contributed by atoms with Crippen molar-refractivity contribution in [3.8, 4) is 22.9 Å². The number of benzene rings is 7. The average Bonchev–Trinajstić information content (AvgIpc) is 3.47. The highest BCUT2D eigenvalue weighted by Gasteiger charge is 2.41. The minimum atomic E-state index is -2.63. The fourth-order valence-corrected chi connectivity index (χ4v) is 12.0. The molecule has 0 aliphatic rings. The number of nitrogens with zero attached hydrogens (tertiary/aromatic N) is 2. The van der Waals surface area contributed by atoms with Crippen molar-refractivity contribution in [3.05, 3.63) is 188 Å². The molecule has 3 heteroatoms. The van der Waals surface area contributed by atoms with Crippen molar-refractivity contribution in [2.24, 2.45) is 0 Å². The number of hydrogen-bond donors (Lipinski definition) is 0. The van der Waals surface area contributed by atoms with Crippen LogP contribution in [0.4, 0.5) is 0 Å². The first-order valence-corrected chi connectivity index (χ1v) is 17.6. The third kappa shape index (κ3) is 4.31. The fraction of sp³-hybridized carbons (Fsp3) is 0. The molecule has 0 fully saturated rings. The van der Waals surface area contributed by atoms with E-state index >= 15 is 0 Å². The summed E-state index contributed by atoms with van der Waals surface area (Å²) in [7, 11) is -2.63. The molecule has 0 atom stereocenters. The number of aromatic nitrogens is 1. The van der Waals surface area contributed by atoms with E-state index in [1.54, 1.807) is 0 Å². The van der Waals surface area contributed by atoms with E-state index in [2.05, 4.69) is 193 Å². The highest BCUT2D eigenvalue weighted by atomic mass is 28.3. The Balaban J connectivity index is 1.33. The molecule has 46 heavy (non-hydrogen) atoms. The van der Waals surface area contributed by atoms with E-state index in [1.165, 1.54) is 31.5 Å². The van der Waals surface area contributed by atoms with Gasteiger partial charge in [-0.15, -0.1) is 0 Å². The zero-order chi connectivity index (χ0) is 30.9. The Morgan fingerprint density at radius 1 is 0.413 bits per heavy atom. The molecule has 0 aliphatic carbocycles. The van der Waals surface area contributed by atoms with E-state index in [0.29, 0.717) is 5.56 Å². The predicted octanol–water partition coefficient (Wildman–Crippen LogP) is 7.70. The minimum Gasteiger partial charge on any atom is -0.308 e. The van der Waals surface area contributed by atoms with E-state index in [4.69, 9.17) is 0 Å². The molecule has 0 aliphatic heterocycles. The van der Waals surface area contributed by atoms with Gasteiger partial charge in [-0.2, -0.15) is 5.26 Å². The summed E-state index contributed by atoms with van der Waals surface area (Å²) in [5.41, 5.74) is 5.71. The van der Waals surface area contributed by atoms with Crippen LogP contribution in [0.2, 0.25) is 0 Å². The molecule has 0 N–H and O–H groups in total. The zero-order valence-electron chi connectivity index (χ0n) is 25.2. The Kier molecular flexibility index (Phi) is 6.91. The maximum Gasteiger partial charge on any atom is 0.179 e. The van der Waals surface area contributed by atoms with Crippen LogP contribution in [-0.2, 0) is 0 Å². The first-order chi connectivity index (χ1) is 22.8. The number of nitriles is 1. The molecule has 0 amide bonds. The third-order valence-electron chi connectivity index (χ3n) is 9.22. The molecule has 216 valence electrons. The molecule has 0 radical (unpaired) electrons. The monoisotopic (exact) mass is 602 g/mol. The first-order valence-electron chi connectivity index (χ1n) is 15.6. The topological polar surface area (TPSA) is 28.7 Å². The second-order valence-corrected chi connectivity index (χ2v) is 15.4. The highest BCUT2D eigenvalue weighted by molar-refractivity contribution is 7.19. The van der Waals surface area contributed by atoms with E-state index in [9.17, 15) is 5.26 Å². The summed E-state index contributed by atoms with van der Waals surface area (Å²) in [5.74, 6) is 0. The molecule has 7 aromatic carbocycles. The molecule has 1 aromatic heterocycles. The Labute approximate surface area is 270 Å². The van der Waals surface area contributed by atoms with Gasteiger partial charge in [0.25, 0.3) is 0 Å². The van der Waals surface area contributed by atoms with Gasteiger partial charge < -0.3 is 4.57 Å². The number of fused-ring (bicyclic) bond motifs is 3. The summed E-state index contributed by atoms with van der Waals surface area (Å²) in [6.45, 7) is 0. The van der Waals surface area contributed by atoms with Gasteiger partial charge in [0.15, 0.2) is 8.07 Å². The standard InChI is InChI=1S/C43H30N2Si/c44-31-40-37(23-14-26-43(40)45-41-24-12-10-21-38(41)39-22-11-13-25-42(39)45)32-27-29-36(30-28-32)46(33-15-4-1-5-16-33,34-17-6-2-7-18-34)35-19-8-3-9-20-35/h1-30H. The largest absolute Gasteiger partial charge is 0.308 e. The zero-order valence-corrected chi connectivity index (χ0v) is 26.2. The van der Waals surface area contributed by atoms with Crippen LogP contribution in [0, 0.1) is 11.3 Å². The van der Waals surface area contributed by atoms with Crippen LogP contribution in [0.1, 0.15) is 5.56 Å². The highest BCUT2D eigenvalue weighted by Crippen LogP contribution is 2.35. The average molecular weight is 603 g/mol. The quantitative estimate of drug-likeness (QED) is 0.142. The van der Waals surface area contributed by atoms with Gasteiger partial charge in [0.1, 0.15) is 6.07 Å². The maximum absolute atomic E-state index is 10.7. The van der Waals surface area contributed by atoms with Crippen LogP contribution >= 0.6 is 0 Å². The lowest BCUT2D eigenvalue weighted by atomic mass is 9.98. The lowest BCUT2D eigenvalue weighted by molar-refractivity contribution is 1.17. The van der Waals surface area contributed by atoms with E-state index < -0.39 is 8.07 Å². The predicted molar refractivity (Wildman–Crippen MR) is 195 cm³/mol. The molecule has 0 bridgehead atoms. The summed E-state index contributed by atoms with van der Waals surface area (Å²) in [4.78, 5) is 0. The number of rotatable bonds is 6. The fourth-order valence-electron chi connectivity index (χ4n) is 7.23. The molecule has 8 rings (SSSR count). The SMILES string of the molecule is N#Cc1c(-c2ccc([Si](c3ccccc3)(c3ccccc3)c3ccccc3)cc2)cccc1-n1c2ccccc2c2ccccc21. The molecular formula is C43H30N2Si. The second-order valence-electron chi connectivity index (χ2n) is 11.6. The van der Waals surface area contributed by atoms with E-state index in [1.807, 2.05) is 0 Å². The van der Waals surface area contributed by atoms with Gasteiger partial charge in [0, 0.05) is 16.3 Å². The molecule has 2 nitrogen and oxygen atoms in total. The van der Waals surface area contributed by atoms with Crippen molar-refractivity contribution in [2.45, 2.75) is 0 Å². The number of hydrogen-bond acceptors (Lipinski definition) is 1. The van der Waals surface area contributed by atoms with Crippen LogP contribution in [0.15, 0.2) is 182 Å². The lowest BCUT2D eigenvalue weighted by Crippen LogP contribution is -2.74. The van der Waals surface area contributed by atoms with Gasteiger partial charge in [-0.25, -0.2) is 0 Å². The van der Waals surface area contributed by atoms with Crippen molar-refractivity contribution >= 4 is 50.6 Å². The van der Waals surface area contributed by atoms with Crippen LogP contribution in [-0.4, -0.2) is 12.6 Å². The van der Waals surface area contributed by atoms with Crippen LogP contribution in [0.5, 0.6) is 0 Å². The van der Waals surface area contributed by atoms with Crippen LogP contribution < -0.4 is 20.7 Å². The Hall–Kier alpha value is -5.95. The van der Waals surface area contributed by atoms with Gasteiger partial charge >= 0.3 is 0 Å². The molecule has 1 heterocycles. The Morgan fingerprint density at radius 2 is 0.848 bits per heavy atom. The second kappa shape index (κ2) is 11.5. The lowest BCUT2D eigenvalue weighted by Gasteiger charge is -2.34. The smallest absolute Gasteiger partial charge is 0.179 e. The molecule has 8 aromatic rings. The van der Waals surface area contributed by atoms with Crippen LogP contribution in [0.25, 0.3) is 38.6 Å².